The molecular formula is C26H44AcO4Si. The summed E-state index contributed by atoms with van der Waals surface area (Å²) in [5.74, 6) is 0.539. The fourth-order valence-corrected chi connectivity index (χ4v) is 10.2. The summed E-state index contributed by atoms with van der Waals surface area (Å²) in [7, 11) is -1.41. The van der Waals surface area contributed by atoms with Gasteiger partial charge in [-0.25, -0.2) is 0 Å². The SMILES string of the molecule is CC1=C2C(C)C(=O)C3(C)C(C)CC4OCC4(O)C3C(C)C(O[SiH](C)C)(CC1C)C2(C)C.[Ac]. The molecule has 1 heterocycles. The van der Waals surface area contributed by atoms with Crippen molar-refractivity contribution >= 4 is 14.8 Å². The quantitative estimate of drug-likeness (QED) is 0.339. The minimum atomic E-state index is -1.41. The van der Waals surface area contributed by atoms with Gasteiger partial charge in [-0.2, -0.15) is 0 Å². The number of carbonyl (C=O) groups is 1. The van der Waals surface area contributed by atoms with Gasteiger partial charge in [-0.1, -0.05) is 59.6 Å². The summed E-state index contributed by atoms with van der Waals surface area (Å²) >= 11 is 0. The Morgan fingerprint density at radius 2 is 1.72 bits per heavy atom. The Bertz CT molecular complexity index is 825. The molecule has 2 bridgehead atoms. The molecule has 9 atom stereocenters. The van der Waals surface area contributed by atoms with Gasteiger partial charge < -0.3 is 14.3 Å². The summed E-state index contributed by atoms with van der Waals surface area (Å²) < 4.78 is 13.0. The molecule has 32 heavy (non-hydrogen) atoms. The van der Waals surface area contributed by atoms with Crippen molar-refractivity contribution in [1.82, 2.24) is 0 Å². The molecule has 1 aliphatic heterocycles. The summed E-state index contributed by atoms with van der Waals surface area (Å²) in [5, 5.41) is 12.0. The standard InChI is InChI=1S/C26H44O4Si.Ac/c1-14-12-26(30-31(9)10)18(5)21-24(8,15(2)11-19-25(21,28)13-29-19)22(27)17(4)20(16(14)3)23(26,6)7;/h14-15,17-19,21,28,31H,11-13H2,1-10H3;. The van der Waals surface area contributed by atoms with Gasteiger partial charge >= 0.3 is 0 Å². The van der Waals surface area contributed by atoms with Gasteiger partial charge in [0.25, 0.3) is 0 Å². The van der Waals surface area contributed by atoms with Crippen LogP contribution in [0.5, 0.6) is 0 Å². The van der Waals surface area contributed by atoms with Crippen LogP contribution in [0.1, 0.15) is 68.2 Å². The number of hydrogen-bond donors (Lipinski definition) is 1. The first-order valence-corrected chi connectivity index (χ1v) is 15.2. The second-order valence-corrected chi connectivity index (χ2v) is 14.8. The Hall–Kier alpha value is 0.948. The largest absolute Gasteiger partial charge is 0.414 e. The van der Waals surface area contributed by atoms with Gasteiger partial charge in [-0.05, 0) is 50.6 Å². The molecular weight excluding hydrogens is 631 g/mol. The van der Waals surface area contributed by atoms with E-state index in [-0.39, 0.29) is 79.3 Å². The maximum atomic E-state index is 14.4. The van der Waals surface area contributed by atoms with Crippen LogP contribution < -0.4 is 0 Å². The van der Waals surface area contributed by atoms with Crippen molar-refractivity contribution in [1.29, 1.82) is 0 Å². The maximum absolute atomic E-state index is 14.4. The van der Waals surface area contributed by atoms with E-state index in [0.717, 1.165) is 12.8 Å². The zero-order valence-corrected chi connectivity index (χ0v) is 27.8. The number of fused-ring (bicyclic) bond motifs is 5. The van der Waals surface area contributed by atoms with Crippen LogP contribution in [0.2, 0.25) is 13.1 Å². The summed E-state index contributed by atoms with van der Waals surface area (Å²) in [6.45, 7) is 22.7. The number of rotatable bonds is 2. The van der Waals surface area contributed by atoms with Crippen LogP contribution >= 0.6 is 0 Å². The van der Waals surface area contributed by atoms with Gasteiger partial charge in [0.15, 0.2) is 9.04 Å². The molecule has 3 fully saturated rings. The van der Waals surface area contributed by atoms with Crippen LogP contribution in [0.15, 0.2) is 11.1 Å². The minimum Gasteiger partial charge on any atom is -0.414 e. The number of ether oxygens (including phenoxy) is 1. The molecule has 0 spiro atoms. The van der Waals surface area contributed by atoms with Gasteiger partial charge in [0, 0.05) is 66.7 Å². The van der Waals surface area contributed by atoms with Gasteiger partial charge in [-0.3, -0.25) is 4.79 Å². The predicted octanol–water partition coefficient (Wildman–Crippen LogP) is 4.75. The molecule has 179 valence electrons. The van der Waals surface area contributed by atoms with Gasteiger partial charge in [0.1, 0.15) is 11.4 Å². The average molecular weight is 676 g/mol. The normalized spacial score (nSPS) is 49.9. The molecule has 1 radical (unpaired) electrons. The van der Waals surface area contributed by atoms with Gasteiger partial charge in [-0.15, -0.1) is 0 Å². The molecule has 0 aromatic heterocycles. The molecule has 4 rings (SSSR count). The van der Waals surface area contributed by atoms with Crippen LogP contribution in [-0.4, -0.2) is 43.8 Å². The smallest absolute Gasteiger partial charge is 0.171 e. The van der Waals surface area contributed by atoms with E-state index in [1.165, 1.54) is 11.1 Å². The first kappa shape index (κ1) is 27.5. The van der Waals surface area contributed by atoms with Crippen molar-refractivity contribution in [2.45, 2.75) is 98.6 Å². The molecule has 3 aliphatic carbocycles. The van der Waals surface area contributed by atoms with Crippen molar-refractivity contribution in [3.8, 4) is 0 Å². The van der Waals surface area contributed by atoms with E-state index in [1.807, 2.05) is 0 Å². The third-order valence-corrected chi connectivity index (χ3v) is 11.3. The second-order valence-electron chi connectivity index (χ2n) is 12.4. The van der Waals surface area contributed by atoms with Crippen LogP contribution in [-0.2, 0) is 14.0 Å². The van der Waals surface area contributed by atoms with E-state index in [4.69, 9.17) is 9.16 Å². The maximum Gasteiger partial charge on any atom is 0.171 e. The molecule has 0 aromatic carbocycles. The Labute approximate surface area is 232 Å². The summed E-state index contributed by atoms with van der Waals surface area (Å²) in [6.07, 6.45) is 1.53. The fourth-order valence-electron chi connectivity index (χ4n) is 8.75. The molecule has 6 heteroatoms. The second kappa shape index (κ2) is 8.51. The number of hydrogen-bond acceptors (Lipinski definition) is 4. The Balaban J connectivity index is 0.00000289. The molecule has 0 amide bonds. The number of carbonyl (C=O) groups excluding carboxylic acids is 1. The molecule has 4 aliphatic rings. The summed E-state index contributed by atoms with van der Waals surface area (Å²) in [6, 6.07) is 0. The molecule has 1 saturated heterocycles. The van der Waals surface area contributed by atoms with Crippen LogP contribution in [0, 0.1) is 84.5 Å². The van der Waals surface area contributed by atoms with E-state index in [2.05, 4.69) is 68.5 Å². The molecule has 1 N–H and O–H groups in total. The molecule has 9 unspecified atom stereocenters. The van der Waals surface area contributed by atoms with E-state index < -0.39 is 25.7 Å². The molecule has 0 aromatic rings. The van der Waals surface area contributed by atoms with Crippen LogP contribution in [0.3, 0.4) is 0 Å². The monoisotopic (exact) mass is 675 g/mol. The number of aliphatic hydroxyl groups is 1. The topological polar surface area (TPSA) is 55.8 Å². The van der Waals surface area contributed by atoms with E-state index >= 15 is 0 Å². The number of allylic oxidation sites excluding steroid dienone is 1. The van der Waals surface area contributed by atoms with Crippen molar-refractivity contribution in [3.05, 3.63) is 11.1 Å². The Morgan fingerprint density at radius 3 is 2.22 bits per heavy atom. The molecule has 4 nitrogen and oxygen atoms in total. The van der Waals surface area contributed by atoms with E-state index in [0.29, 0.717) is 18.3 Å². The van der Waals surface area contributed by atoms with Crippen LogP contribution in [0.25, 0.3) is 0 Å². The van der Waals surface area contributed by atoms with Gasteiger partial charge in [0.05, 0.1) is 18.3 Å². The van der Waals surface area contributed by atoms with Gasteiger partial charge in [0.2, 0.25) is 0 Å². The van der Waals surface area contributed by atoms with E-state index in [9.17, 15) is 9.90 Å². The molecule has 2 saturated carbocycles. The summed E-state index contributed by atoms with van der Waals surface area (Å²) in [4.78, 5) is 14.4. The van der Waals surface area contributed by atoms with Crippen molar-refractivity contribution in [2.75, 3.05) is 6.61 Å². The van der Waals surface area contributed by atoms with Crippen molar-refractivity contribution < 1.29 is 63.1 Å². The fraction of sp³-hybridized carbons (Fsp3) is 0.885. The minimum absolute atomic E-state index is 0. The Kier molecular flexibility index (Phi) is 7.33. The first-order valence-electron chi connectivity index (χ1n) is 12.4. The predicted molar refractivity (Wildman–Crippen MR) is 126 cm³/mol. The third kappa shape index (κ3) is 3.28. The third-order valence-electron chi connectivity index (χ3n) is 10.4. The number of ketones is 1. The first-order chi connectivity index (χ1) is 14.2. The zero-order valence-electron chi connectivity index (χ0n) is 21.9. The zero-order chi connectivity index (χ0) is 23.3. The number of Topliss-reactive ketones (excluding diaryl/α,β-unsaturated/α-hetero) is 1. The van der Waals surface area contributed by atoms with Crippen LogP contribution in [0.4, 0.5) is 0 Å². The van der Waals surface area contributed by atoms with Crippen molar-refractivity contribution in [3.63, 3.8) is 0 Å². The summed E-state index contributed by atoms with van der Waals surface area (Å²) in [5.41, 5.74) is 0.464. The Morgan fingerprint density at radius 1 is 1.12 bits per heavy atom. The van der Waals surface area contributed by atoms with Crippen molar-refractivity contribution in [2.24, 2.45) is 40.4 Å². The average Bonchev–Trinajstić information content (AvgIpc) is 2.66. The van der Waals surface area contributed by atoms with E-state index in [1.54, 1.807) is 0 Å².